The maximum Gasteiger partial charge on any atom is 0.326 e. The van der Waals surface area contributed by atoms with Crippen molar-refractivity contribution in [2.75, 3.05) is 33.6 Å². The number of carbonyl (C=O) groups excluding carboxylic acids is 3. The van der Waals surface area contributed by atoms with Crippen molar-refractivity contribution < 1.29 is 45.9 Å². The van der Waals surface area contributed by atoms with Crippen molar-refractivity contribution >= 4 is 71.5 Å². The van der Waals surface area contributed by atoms with Crippen LogP contribution in [0, 0.1) is 0 Å². The lowest BCUT2D eigenvalue weighted by atomic mass is 10.0. The number of amides is 1. The molecule has 0 fully saturated rings. The second kappa shape index (κ2) is 18.0. The van der Waals surface area contributed by atoms with Crippen LogP contribution in [-0.4, -0.2) is 65.3 Å². The average Bonchev–Trinajstić information content (AvgIpc) is 3.11. The van der Waals surface area contributed by atoms with Gasteiger partial charge in [-0.15, -0.1) is 0 Å². The third kappa shape index (κ3) is 10.2. The van der Waals surface area contributed by atoms with Crippen LogP contribution in [0.25, 0.3) is 10.8 Å². The molecule has 0 unspecified atom stereocenters. The van der Waals surface area contributed by atoms with Crippen LogP contribution in [0.3, 0.4) is 0 Å². The van der Waals surface area contributed by atoms with Crippen molar-refractivity contribution in [3.8, 4) is 0 Å². The predicted octanol–water partition coefficient (Wildman–Crippen LogP) is 5.92. The average molecular weight is 766 g/mol. The minimum Gasteiger partial charge on any atom is -0.480 e. The van der Waals surface area contributed by atoms with Gasteiger partial charge in [-0.1, -0.05) is 62.6 Å². The molecule has 15 heteroatoms. The number of Topliss-reactive ketones (excluding diaryl/α,β-unsaturated/α-hetero) is 1. The van der Waals surface area contributed by atoms with E-state index in [1.54, 1.807) is 31.2 Å². The summed E-state index contributed by atoms with van der Waals surface area (Å²) in [5.74, 6) is -2.61. The molecule has 0 aromatic heterocycles. The van der Waals surface area contributed by atoms with Gasteiger partial charge in [0.15, 0.2) is 0 Å². The van der Waals surface area contributed by atoms with E-state index in [0.29, 0.717) is 22.0 Å². The highest BCUT2D eigenvalue weighted by molar-refractivity contribution is 7.93. The standard InChI is InChI=1S/C38H43N3O10S2/c1-4-6-7-8-11-30(43)24-28-14-18-31(19-15-28)53(49,50)41(26-38(46)51-5-2)36-23-22-35(33-12-9-10-13-34(33)36)40(25-37(44)45)52(47,48)32-20-16-29(17-21-32)39-27(3)42/h9-10,12-23H,4-8,11,24-26H2,1-3H3,(H,39,42)(H,44,45). The van der Waals surface area contributed by atoms with Crippen molar-refractivity contribution in [1.82, 2.24) is 0 Å². The monoisotopic (exact) mass is 765 g/mol. The van der Waals surface area contributed by atoms with Crippen LogP contribution >= 0.6 is 0 Å². The van der Waals surface area contributed by atoms with Crippen LogP contribution in [0.1, 0.15) is 58.4 Å². The van der Waals surface area contributed by atoms with E-state index in [1.807, 2.05) is 0 Å². The number of nitrogens with zero attached hydrogens (tertiary/aromatic N) is 2. The molecule has 4 rings (SSSR count). The summed E-state index contributed by atoms with van der Waals surface area (Å²) in [4.78, 5) is 48.5. The number of ketones is 1. The first-order valence-electron chi connectivity index (χ1n) is 17.1. The zero-order valence-corrected chi connectivity index (χ0v) is 31.4. The number of ether oxygens (including phenoxy) is 1. The molecular weight excluding hydrogens is 723 g/mol. The zero-order valence-electron chi connectivity index (χ0n) is 29.8. The smallest absolute Gasteiger partial charge is 0.326 e. The Morgan fingerprint density at radius 3 is 1.72 bits per heavy atom. The van der Waals surface area contributed by atoms with Crippen LogP contribution in [0.5, 0.6) is 0 Å². The highest BCUT2D eigenvalue weighted by Gasteiger charge is 2.32. The van der Waals surface area contributed by atoms with Gasteiger partial charge in [0.05, 0.1) is 27.8 Å². The summed E-state index contributed by atoms with van der Waals surface area (Å²) in [5.41, 5.74) is 0.923. The molecule has 0 aliphatic carbocycles. The maximum atomic E-state index is 14.3. The second-order valence-electron chi connectivity index (χ2n) is 12.2. The summed E-state index contributed by atoms with van der Waals surface area (Å²) in [6.45, 7) is 3.25. The van der Waals surface area contributed by atoms with E-state index in [2.05, 4.69) is 12.2 Å². The van der Waals surface area contributed by atoms with E-state index < -0.39 is 45.1 Å². The van der Waals surface area contributed by atoms with Crippen molar-refractivity contribution in [3.05, 3.63) is 90.5 Å². The van der Waals surface area contributed by atoms with Crippen LogP contribution in [0.2, 0.25) is 0 Å². The Morgan fingerprint density at radius 2 is 1.23 bits per heavy atom. The minimum absolute atomic E-state index is 0.0102. The zero-order chi connectivity index (χ0) is 38.8. The van der Waals surface area contributed by atoms with E-state index >= 15 is 0 Å². The minimum atomic E-state index is -4.53. The van der Waals surface area contributed by atoms with Crippen LogP contribution in [0.4, 0.5) is 17.1 Å². The first kappa shape index (κ1) is 40.5. The molecule has 282 valence electrons. The van der Waals surface area contributed by atoms with E-state index in [0.717, 1.165) is 30.0 Å². The maximum absolute atomic E-state index is 14.3. The summed E-state index contributed by atoms with van der Waals surface area (Å²) < 4.78 is 63.2. The van der Waals surface area contributed by atoms with Gasteiger partial charge in [-0.05, 0) is 67.4 Å². The molecule has 0 aliphatic heterocycles. The Bertz CT molecular complexity index is 2170. The summed E-state index contributed by atoms with van der Waals surface area (Å²) in [7, 11) is -9.00. The summed E-state index contributed by atoms with van der Waals surface area (Å²) in [6.07, 6.45) is 4.46. The largest absolute Gasteiger partial charge is 0.480 e. The van der Waals surface area contributed by atoms with Crippen molar-refractivity contribution in [1.29, 1.82) is 0 Å². The Morgan fingerprint density at radius 1 is 0.698 bits per heavy atom. The van der Waals surface area contributed by atoms with Crippen molar-refractivity contribution in [2.24, 2.45) is 0 Å². The Kier molecular flexibility index (Phi) is 13.7. The molecular formula is C38H43N3O10S2. The molecule has 1 amide bonds. The number of nitrogens with one attached hydrogen (secondary N) is 1. The van der Waals surface area contributed by atoms with E-state index in [4.69, 9.17) is 4.74 Å². The fraction of sp³-hybridized carbons (Fsp3) is 0.316. The van der Waals surface area contributed by atoms with Crippen LogP contribution < -0.4 is 13.9 Å². The van der Waals surface area contributed by atoms with Gasteiger partial charge in [0, 0.05) is 36.2 Å². The predicted molar refractivity (Wildman–Crippen MR) is 202 cm³/mol. The number of rotatable bonds is 19. The molecule has 0 aliphatic rings. The Hall–Kier alpha value is -5.28. The molecule has 0 atom stereocenters. The molecule has 0 bridgehead atoms. The number of aliphatic carboxylic acids is 1. The lowest BCUT2D eigenvalue weighted by Gasteiger charge is -2.28. The number of carboxylic acid groups (broad SMARTS) is 1. The Balaban J connectivity index is 1.78. The van der Waals surface area contributed by atoms with Gasteiger partial charge in [0.1, 0.15) is 18.9 Å². The quantitative estimate of drug-likeness (QED) is 0.0858. The molecule has 0 radical (unpaired) electrons. The molecule has 2 N–H and O–H groups in total. The van der Waals surface area contributed by atoms with Gasteiger partial charge < -0.3 is 15.2 Å². The molecule has 13 nitrogen and oxygen atoms in total. The summed E-state index contributed by atoms with van der Waals surface area (Å²) in [5, 5.41) is 12.7. The Labute approximate surface area is 309 Å². The lowest BCUT2D eigenvalue weighted by Crippen LogP contribution is -2.37. The van der Waals surface area contributed by atoms with Gasteiger partial charge in [0.25, 0.3) is 20.0 Å². The number of hydrogen-bond acceptors (Lipinski definition) is 9. The molecule has 4 aromatic carbocycles. The van der Waals surface area contributed by atoms with Gasteiger partial charge >= 0.3 is 11.9 Å². The fourth-order valence-electron chi connectivity index (χ4n) is 5.76. The van der Waals surface area contributed by atoms with Crippen molar-refractivity contribution in [2.45, 2.75) is 69.1 Å². The molecule has 0 spiro atoms. The second-order valence-corrected chi connectivity index (χ2v) is 16.0. The number of anilines is 3. The van der Waals surface area contributed by atoms with Gasteiger partial charge in [-0.3, -0.25) is 27.8 Å². The summed E-state index contributed by atoms with van der Waals surface area (Å²) >= 11 is 0. The fourth-order valence-corrected chi connectivity index (χ4v) is 8.62. The summed E-state index contributed by atoms with van der Waals surface area (Å²) in [6, 6.07) is 19.8. The number of benzene rings is 4. The molecule has 53 heavy (non-hydrogen) atoms. The first-order chi connectivity index (χ1) is 25.2. The lowest BCUT2D eigenvalue weighted by molar-refractivity contribution is -0.141. The number of carbonyl (C=O) groups is 4. The van der Waals surface area contributed by atoms with Crippen LogP contribution in [0.15, 0.2) is 94.7 Å². The SMILES string of the molecule is CCCCCCC(=O)Cc1ccc(S(=O)(=O)N(CC(=O)OCC)c2ccc(N(CC(=O)O)S(=O)(=O)c3ccc(NC(C)=O)cc3)c3ccccc23)cc1. The molecule has 0 saturated carbocycles. The van der Waals surface area contributed by atoms with Crippen LogP contribution in [-0.2, 0) is 50.4 Å². The van der Waals surface area contributed by atoms with E-state index in [9.17, 15) is 41.1 Å². The molecule has 4 aromatic rings. The van der Waals surface area contributed by atoms with Gasteiger partial charge in [-0.2, -0.15) is 0 Å². The highest BCUT2D eigenvalue weighted by Crippen LogP contribution is 2.38. The first-order valence-corrected chi connectivity index (χ1v) is 20.0. The van der Waals surface area contributed by atoms with Gasteiger partial charge in [-0.25, -0.2) is 16.8 Å². The number of sulfonamides is 2. The van der Waals surface area contributed by atoms with Gasteiger partial charge in [0.2, 0.25) is 5.91 Å². The number of hydrogen-bond donors (Lipinski definition) is 2. The van der Waals surface area contributed by atoms with Crippen molar-refractivity contribution in [3.63, 3.8) is 0 Å². The topological polar surface area (TPSA) is 185 Å². The number of esters is 1. The van der Waals surface area contributed by atoms with E-state index in [-0.39, 0.29) is 56.7 Å². The number of unbranched alkanes of at least 4 members (excludes halogenated alkanes) is 3. The van der Waals surface area contributed by atoms with E-state index in [1.165, 1.54) is 67.6 Å². The highest BCUT2D eigenvalue weighted by atomic mass is 32.2. The number of carboxylic acids is 1. The third-order valence-electron chi connectivity index (χ3n) is 8.26. The molecule has 0 saturated heterocycles. The molecule has 0 heterocycles. The third-order valence-corrected chi connectivity index (χ3v) is 11.8. The number of fused-ring (bicyclic) bond motifs is 1. The normalized spacial score (nSPS) is 11.5.